The van der Waals surface area contributed by atoms with Crippen molar-refractivity contribution in [3.8, 4) is 0 Å². The largest absolute Gasteiger partial charge is 0.475 e. The molecule has 1 aromatic heterocycles. The van der Waals surface area contributed by atoms with Crippen molar-refractivity contribution in [3.05, 3.63) is 11.6 Å². The Kier molecular flexibility index (Phi) is 1.41. The zero-order chi connectivity index (χ0) is 7.72. The van der Waals surface area contributed by atoms with Gasteiger partial charge >= 0.3 is 5.97 Å². The molecule has 0 unspecified atom stereocenters. The summed E-state index contributed by atoms with van der Waals surface area (Å²) in [5, 5.41) is 15.5. The maximum Gasteiger partial charge on any atom is 0.374 e. The fraction of sp³-hybridized carbons (Fsp3) is 0.400. The van der Waals surface area contributed by atoms with E-state index in [1.165, 1.54) is 4.57 Å². The van der Waals surface area contributed by atoms with Crippen LogP contribution in [0.4, 0.5) is 0 Å². The lowest BCUT2D eigenvalue weighted by molar-refractivity contribution is 0.0679. The Morgan fingerprint density at radius 1 is 1.60 bits per heavy atom. The van der Waals surface area contributed by atoms with Crippen molar-refractivity contribution in [1.82, 2.24) is 14.8 Å². The molecule has 10 heavy (non-hydrogen) atoms. The lowest BCUT2D eigenvalue weighted by atomic mass is 10.6. The number of nitrogens with zero attached hydrogens (tertiary/aromatic N) is 3. The number of carboxylic acid groups (broad SMARTS) is 1. The lowest BCUT2D eigenvalue weighted by Crippen LogP contribution is -2.06. The molecule has 0 bridgehead atoms. The molecular formula is C5H7N3O2. The first-order valence-corrected chi connectivity index (χ1v) is 2.72. The molecule has 5 heteroatoms. The fourth-order valence-corrected chi connectivity index (χ4v) is 0.593. The molecule has 0 atom stereocenters. The first-order valence-electron chi connectivity index (χ1n) is 2.72. The van der Waals surface area contributed by atoms with Crippen LogP contribution < -0.4 is 0 Å². The van der Waals surface area contributed by atoms with Gasteiger partial charge < -0.3 is 9.67 Å². The van der Waals surface area contributed by atoms with Crippen LogP contribution in [0.25, 0.3) is 0 Å². The van der Waals surface area contributed by atoms with E-state index in [9.17, 15) is 4.79 Å². The molecule has 0 aliphatic heterocycles. The van der Waals surface area contributed by atoms with Gasteiger partial charge in [0, 0.05) is 7.05 Å². The molecule has 1 heterocycles. The number of carboxylic acids is 1. The summed E-state index contributed by atoms with van der Waals surface area (Å²) in [4.78, 5) is 10.3. The van der Waals surface area contributed by atoms with Crippen LogP contribution in [-0.4, -0.2) is 25.8 Å². The first kappa shape index (κ1) is 6.73. The predicted molar refractivity (Wildman–Crippen MR) is 32.7 cm³/mol. The summed E-state index contributed by atoms with van der Waals surface area (Å²) in [6.45, 7) is 1.69. The molecule has 0 saturated heterocycles. The van der Waals surface area contributed by atoms with E-state index in [1.807, 2.05) is 0 Å². The molecule has 0 spiro atoms. The van der Waals surface area contributed by atoms with E-state index in [0.717, 1.165) is 0 Å². The average molecular weight is 141 g/mol. The highest BCUT2D eigenvalue weighted by Crippen LogP contribution is 1.95. The second-order valence-electron chi connectivity index (χ2n) is 1.93. The van der Waals surface area contributed by atoms with Crippen LogP contribution in [-0.2, 0) is 7.05 Å². The predicted octanol–water partition coefficient (Wildman–Crippen LogP) is -0.178. The van der Waals surface area contributed by atoms with Gasteiger partial charge in [-0.3, -0.25) is 0 Å². The topological polar surface area (TPSA) is 68.0 Å². The van der Waals surface area contributed by atoms with E-state index < -0.39 is 5.97 Å². The first-order chi connectivity index (χ1) is 4.63. The summed E-state index contributed by atoms with van der Waals surface area (Å²) in [6, 6.07) is 0. The number of aromatic carboxylic acids is 1. The molecular weight excluding hydrogens is 134 g/mol. The van der Waals surface area contributed by atoms with E-state index in [-0.39, 0.29) is 5.82 Å². The Labute approximate surface area is 57.3 Å². The Morgan fingerprint density at radius 3 is 2.40 bits per heavy atom. The third kappa shape index (κ3) is 0.854. The van der Waals surface area contributed by atoms with Crippen LogP contribution in [0, 0.1) is 6.92 Å². The van der Waals surface area contributed by atoms with Gasteiger partial charge in [0.15, 0.2) is 0 Å². The molecule has 0 aromatic carbocycles. The second-order valence-corrected chi connectivity index (χ2v) is 1.93. The van der Waals surface area contributed by atoms with Crippen molar-refractivity contribution < 1.29 is 9.90 Å². The van der Waals surface area contributed by atoms with Crippen LogP contribution in [0.5, 0.6) is 0 Å². The van der Waals surface area contributed by atoms with Crippen LogP contribution in [0.15, 0.2) is 0 Å². The highest BCUT2D eigenvalue weighted by atomic mass is 16.4. The van der Waals surface area contributed by atoms with E-state index in [1.54, 1.807) is 14.0 Å². The number of carbonyl (C=O) groups is 1. The second kappa shape index (κ2) is 2.09. The van der Waals surface area contributed by atoms with Gasteiger partial charge in [-0.2, -0.15) is 0 Å². The third-order valence-electron chi connectivity index (χ3n) is 1.28. The van der Waals surface area contributed by atoms with E-state index in [2.05, 4.69) is 10.2 Å². The summed E-state index contributed by atoms with van der Waals surface area (Å²) in [7, 11) is 1.61. The van der Waals surface area contributed by atoms with E-state index >= 15 is 0 Å². The fourth-order valence-electron chi connectivity index (χ4n) is 0.593. The van der Waals surface area contributed by atoms with Gasteiger partial charge in [-0.15, -0.1) is 10.2 Å². The molecule has 0 aliphatic carbocycles. The molecule has 1 rings (SSSR count). The minimum absolute atomic E-state index is 0.0301. The minimum atomic E-state index is -1.05. The minimum Gasteiger partial charge on any atom is -0.475 e. The van der Waals surface area contributed by atoms with E-state index in [4.69, 9.17) is 5.11 Å². The van der Waals surface area contributed by atoms with Crippen molar-refractivity contribution in [2.24, 2.45) is 7.05 Å². The molecule has 54 valence electrons. The number of hydrogen-bond donors (Lipinski definition) is 1. The van der Waals surface area contributed by atoms with Gasteiger partial charge in [0.05, 0.1) is 0 Å². The number of rotatable bonds is 1. The maximum absolute atomic E-state index is 10.3. The SMILES string of the molecule is Cc1nnc(C(=O)O)n1C. The third-order valence-corrected chi connectivity index (χ3v) is 1.28. The molecule has 0 fully saturated rings. The summed E-state index contributed by atoms with van der Waals surface area (Å²) >= 11 is 0. The average Bonchev–Trinajstić information content (AvgIpc) is 2.14. The van der Waals surface area contributed by atoms with Crippen LogP contribution in [0.2, 0.25) is 0 Å². The summed E-state index contributed by atoms with van der Waals surface area (Å²) in [6.07, 6.45) is 0. The van der Waals surface area contributed by atoms with Crippen molar-refractivity contribution >= 4 is 5.97 Å². The molecule has 1 aromatic rings. The maximum atomic E-state index is 10.3. The smallest absolute Gasteiger partial charge is 0.374 e. The van der Waals surface area contributed by atoms with Crippen molar-refractivity contribution in [2.45, 2.75) is 6.92 Å². The van der Waals surface area contributed by atoms with Crippen LogP contribution in [0.3, 0.4) is 0 Å². The van der Waals surface area contributed by atoms with Gasteiger partial charge in [-0.25, -0.2) is 4.79 Å². The van der Waals surface area contributed by atoms with E-state index in [0.29, 0.717) is 5.82 Å². The zero-order valence-electron chi connectivity index (χ0n) is 5.70. The van der Waals surface area contributed by atoms with Crippen molar-refractivity contribution in [1.29, 1.82) is 0 Å². The Balaban J connectivity index is 3.17. The molecule has 0 aliphatic rings. The standard InChI is InChI=1S/C5H7N3O2/c1-3-6-7-4(5(9)10)8(3)2/h1-2H3,(H,9,10). The van der Waals surface area contributed by atoms with Crippen molar-refractivity contribution in [2.75, 3.05) is 0 Å². The normalized spacial score (nSPS) is 9.80. The lowest BCUT2D eigenvalue weighted by Gasteiger charge is -1.92. The molecule has 0 saturated carbocycles. The van der Waals surface area contributed by atoms with Crippen LogP contribution in [0.1, 0.15) is 16.4 Å². The van der Waals surface area contributed by atoms with Crippen LogP contribution >= 0.6 is 0 Å². The van der Waals surface area contributed by atoms with Crippen molar-refractivity contribution in [3.63, 3.8) is 0 Å². The van der Waals surface area contributed by atoms with Gasteiger partial charge in [-0.1, -0.05) is 0 Å². The zero-order valence-corrected chi connectivity index (χ0v) is 5.70. The quantitative estimate of drug-likeness (QED) is 0.589. The monoisotopic (exact) mass is 141 g/mol. The highest BCUT2D eigenvalue weighted by molar-refractivity contribution is 5.83. The number of hydrogen-bond acceptors (Lipinski definition) is 3. The Bertz CT molecular complexity index is 266. The highest BCUT2D eigenvalue weighted by Gasteiger charge is 2.10. The number of aryl methyl sites for hydroxylation is 1. The summed E-state index contributed by atoms with van der Waals surface area (Å²) in [5.41, 5.74) is 0. The molecule has 5 nitrogen and oxygen atoms in total. The number of aromatic nitrogens is 3. The molecule has 0 amide bonds. The van der Waals surface area contributed by atoms with Gasteiger partial charge in [0.1, 0.15) is 5.82 Å². The van der Waals surface area contributed by atoms with Gasteiger partial charge in [0.25, 0.3) is 0 Å². The Morgan fingerprint density at radius 2 is 2.20 bits per heavy atom. The molecule has 0 radical (unpaired) electrons. The summed E-state index contributed by atoms with van der Waals surface area (Å²) in [5.74, 6) is -0.488. The summed E-state index contributed by atoms with van der Waals surface area (Å²) < 4.78 is 1.42. The Hall–Kier alpha value is -1.39. The molecule has 1 N–H and O–H groups in total. The van der Waals surface area contributed by atoms with Gasteiger partial charge in [0.2, 0.25) is 5.82 Å². The van der Waals surface area contributed by atoms with Gasteiger partial charge in [-0.05, 0) is 6.92 Å².